The Morgan fingerprint density at radius 2 is 2.10 bits per heavy atom. The predicted octanol–water partition coefficient (Wildman–Crippen LogP) is 3.62. The van der Waals surface area contributed by atoms with Crippen LogP contribution in [0.4, 0.5) is 0 Å². The molecule has 1 aromatic carbocycles. The zero-order valence-corrected chi connectivity index (χ0v) is 13.0. The lowest BCUT2D eigenvalue weighted by molar-refractivity contribution is 0.274. The first kappa shape index (κ1) is 14.7. The number of nitrogens with zero attached hydrogens (tertiary/aromatic N) is 1. The second-order valence-corrected chi connectivity index (χ2v) is 6.55. The van der Waals surface area contributed by atoms with E-state index in [0.717, 1.165) is 31.0 Å². The zero-order chi connectivity index (χ0) is 14.5. The molecular weight excluding hydrogens is 280 g/mol. The lowest BCUT2D eigenvalue weighted by atomic mass is 10.0. The molecule has 1 aliphatic rings. The first-order chi connectivity index (χ1) is 10.4. The molecular formula is C17H22N2OS. The molecule has 0 bridgehead atoms. The molecule has 3 rings (SSSR count). The van der Waals surface area contributed by atoms with Crippen molar-refractivity contribution in [3.05, 3.63) is 52.0 Å². The summed E-state index contributed by atoms with van der Waals surface area (Å²) in [6, 6.07) is 10.7. The van der Waals surface area contributed by atoms with E-state index in [1.165, 1.54) is 23.4 Å². The Hall–Kier alpha value is -1.23. The number of benzene rings is 1. The molecule has 1 fully saturated rings. The van der Waals surface area contributed by atoms with Crippen molar-refractivity contribution in [1.29, 1.82) is 0 Å². The van der Waals surface area contributed by atoms with Gasteiger partial charge in [-0.15, -0.1) is 11.3 Å². The molecule has 112 valence electrons. The molecule has 0 saturated heterocycles. The van der Waals surface area contributed by atoms with Crippen LogP contribution in [0.1, 0.15) is 53.9 Å². The summed E-state index contributed by atoms with van der Waals surface area (Å²) in [7, 11) is 0. The van der Waals surface area contributed by atoms with Crippen LogP contribution in [-0.4, -0.2) is 16.7 Å². The van der Waals surface area contributed by atoms with E-state index >= 15 is 0 Å². The number of hydrogen-bond donors (Lipinski definition) is 2. The number of hydrogen-bond acceptors (Lipinski definition) is 4. The van der Waals surface area contributed by atoms with Gasteiger partial charge in [0.2, 0.25) is 0 Å². The van der Waals surface area contributed by atoms with Crippen LogP contribution in [0.5, 0.6) is 0 Å². The molecule has 2 N–H and O–H groups in total. The molecule has 1 heterocycles. The SMILES string of the molecule is OCCCC(NCc1csc(C2CC2)n1)c1ccccc1. The molecule has 4 heteroatoms. The van der Waals surface area contributed by atoms with Crippen molar-refractivity contribution < 1.29 is 5.11 Å². The summed E-state index contributed by atoms with van der Waals surface area (Å²) in [6.45, 7) is 1.04. The first-order valence-corrected chi connectivity index (χ1v) is 8.58. The van der Waals surface area contributed by atoms with Crippen LogP contribution in [-0.2, 0) is 6.54 Å². The largest absolute Gasteiger partial charge is 0.396 e. The third-order valence-electron chi connectivity index (χ3n) is 3.88. The lowest BCUT2D eigenvalue weighted by Crippen LogP contribution is -2.21. The highest BCUT2D eigenvalue weighted by Gasteiger charge is 2.26. The molecule has 0 spiro atoms. The Morgan fingerprint density at radius 3 is 2.81 bits per heavy atom. The fourth-order valence-electron chi connectivity index (χ4n) is 2.52. The second-order valence-electron chi connectivity index (χ2n) is 5.66. The molecule has 1 aromatic heterocycles. The maximum absolute atomic E-state index is 9.08. The molecule has 3 nitrogen and oxygen atoms in total. The van der Waals surface area contributed by atoms with Crippen LogP contribution < -0.4 is 5.32 Å². The minimum atomic E-state index is 0.244. The highest BCUT2D eigenvalue weighted by molar-refractivity contribution is 7.09. The van der Waals surface area contributed by atoms with Gasteiger partial charge in [-0.3, -0.25) is 0 Å². The summed E-state index contributed by atoms with van der Waals surface area (Å²) < 4.78 is 0. The van der Waals surface area contributed by atoms with Crippen LogP contribution in [0, 0.1) is 0 Å². The fraction of sp³-hybridized carbons (Fsp3) is 0.471. The van der Waals surface area contributed by atoms with Crippen molar-refractivity contribution in [2.24, 2.45) is 0 Å². The van der Waals surface area contributed by atoms with Crippen molar-refractivity contribution in [2.45, 2.75) is 44.2 Å². The Kier molecular flexibility index (Phi) is 5.01. The molecule has 0 radical (unpaired) electrons. The predicted molar refractivity (Wildman–Crippen MR) is 86.4 cm³/mol. The van der Waals surface area contributed by atoms with Gasteiger partial charge in [0, 0.05) is 30.5 Å². The monoisotopic (exact) mass is 302 g/mol. The third-order valence-corrected chi connectivity index (χ3v) is 4.93. The van der Waals surface area contributed by atoms with Crippen molar-refractivity contribution in [1.82, 2.24) is 10.3 Å². The molecule has 1 aliphatic carbocycles. The van der Waals surface area contributed by atoms with Gasteiger partial charge in [-0.1, -0.05) is 30.3 Å². The number of rotatable bonds is 8. The maximum Gasteiger partial charge on any atom is 0.0959 e. The Labute approximate surface area is 130 Å². The number of aliphatic hydroxyl groups excluding tert-OH is 1. The van der Waals surface area contributed by atoms with Crippen molar-refractivity contribution >= 4 is 11.3 Å². The second kappa shape index (κ2) is 7.16. The topological polar surface area (TPSA) is 45.1 Å². The molecule has 2 aromatic rings. The van der Waals surface area contributed by atoms with E-state index in [4.69, 9.17) is 10.1 Å². The van der Waals surface area contributed by atoms with E-state index in [0.29, 0.717) is 0 Å². The van der Waals surface area contributed by atoms with Gasteiger partial charge >= 0.3 is 0 Å². The fourth-order valence-corrected chi connectivity index (χ4v) is 3.51. The van der Waals surface area contributed by atoms with Gasteiger partial charge in [-0.25, -0.2) is 4.98 Å². The molecule has 1 unspecified atom stereocenters. The molecule has 1 saturated carbocycles. The van der Waals surface area contributed by atoms with E-state index < -0.39 is 0 Å². The molecule has 0 aliphatic heterocycles. The minimum Gasteiger partial charge on any atom is -0.396 e. The summed E-state index contributed by atoms with van der Waals surface area (Å²) in [5, 5.41) is 16.2. The summed E-state index contributed by atoms with van der Waals surface area (Å²) in [5.41, 5.74) is 2.43. The summed E-state index contributed by atoms with van der Waals surface area (Å²) in [4.78, 5) is 4.72. The van der Waals surface area contributed by atoms with Gasteiger partial charge in [-0.05, 0) is 31.2 Å². The van der Waals surface area contributed by atoms with Crippen LogP contribution in [0.2, 0.25) is 0 Å². The van der Waals surface area contributed by atoms with E-state index in [2.05, 4.69) is 35.0 Å². The van der Waals surface area contributed by atoms with Crippen LogP contribution in [0.25, 0.3) is 0 Å². The Morgan fingerprint density at radius 1 is 1.29 bits per heavy atom. The standard InChI is InChI=1S/C17H22N2OS/c20-10-4-7-16(13-5-2-1-3-6-13)18-11-15-12-21-17(19-15)14-8-9-14/h1-3,5-6,12,14,16,18,20H,4,7-11H2. The van der Waals surface area contributed by atoms with E-state index in [-0.39, 0.29) is 12.6 Å². The smallest absolute Gasteiger partial charge is 0.0959 e. The molecule has 1 atom stereocenters. The maximum atomic E-state index is 9.08. The van der Waals surface area contributed by atoms with Gasteiger partial charge in [0.05, 0.1) is 10.7 Å². The minimum absolute atomic E-state index is 0.244. The highest BCUT2D eigenvalue weighted by atomic mass is 32.1. The van der Waals surface area contributed by atoms with Gasteiger partial charge in [0.25, 0.3) is 0 Å². The summed E-state index contributed by atoms with van der Waals surface area (Å²) >= 11 is 1.79. The normalized spacial score (nSPS) is 16.0. The first-order valence-electron chi connectivity index (χ1n) is 7.70. The van der Waals surface area contributed by atoms with Gasteiger partial charge in [-0.2, -0.15) is 0 Å². The number of thiazole rings is 1. The Bertz CT molecular complexity index is 551. The van der Waals surface area contributed by atoms with Gasteiger partial charge in [0.15, 0.2) is 0 Å². The molecule has 21 heavy (non-hydrogen) atoms. The van der Waals surface area contributed by atoms with Gasteiger partial charge in [0.1, 0.15) is 0 Å². The lowest BCUT2D eigenvalue weighted by Gasteiger charge is -2.18. The summed E-state index contributed by atoms with van der Waals surface area (Å²) in [6.07, 6.45) is 4.38. The average Bonchev–Trinajstić information content (AvgIpc) is 3.27. The van der Waals surface area contributed by atoms with Crippen LogP contribution in [0.15, 0.2) is 35.7 Å². The quantitative estimate of drug-likeness (QED) is 0.783. The number of aromatic nitrogens is 1. The average molecular weight is 302 g/mol. The van der Waals surface area contributed by atoms with E-state index in [1.54, 1.807) is 11.3 Å². The van der Waals surface area contributed by atoms with Crippen molar-refractivity contribution in [2.75, 3.05) is 6.61 Å². The van der Waals surface area contributed by atoms with Crippen LogP contribution in [0.3, 0.4) is 0 Å². The van der Waals surface area contributed by atoms with Crippen molar-refractivity contribution in [3.8, 4) is 0 Å². The zero-order valence-electron chi connectivity index (χ0n) is 12.2. The van der Waals surface area contributed by atoms with E-state index in [1.807, 2.05) is 6.07 Å². The molecule has 0 amide bonds. The van der Waals surface area contributed by atoms with Crippen LogP contribution >= 0.6 is 11.3 Å². The van der Waals surface area contributed by atoms with Gasteiger partial charge < -0.3 is 10.4 Å². The van der Waals surface area contributed by atoms with E-state index in [9.17, 15) is 0 Å². The number of aliphatic hydroxyl groups is 1. The van der Waals surface area contributed by atoms with Crippen molar-refractivity contribution in [3.63, 3.8) is 0 Å². The highest BCUT2D eigenvalue weighted by Crippen LogP contribution is 2.41. The third kappa shape index (κ3) is 4.13. The summed E-state index contributed by atoms with van der Waals surface area (Å²) in [5.74, 6) is 0.739. The Balaban J connectivity index is 1.60. The number of nitrogens with one attached hydrogen (secondary N) is 1.